The highest BCUT2D eigenvalue weighted by Crippen LogP contribution is 2.38. The summed E-state index contributed by atoms with van der Waals surface area (Å²) in [7, 11) is 0. The summed E-state index contributed by atoms with van der Waals surface area (Å²) >= 11 is 20.2. The predicted octanol–water partition coefficient (Wildman–Crippen LogP) is 10.2. The van der Waals surface area contributed by atoms with Crippen LogP contribution in [0, 0.1) is 5.92 Å². The lowest BCUT2D eigenvalue weighted by molar-refractivity contribution is 0.0697. The van der Waals surface area contributed by atoms with Crippen LogP contribution in [0.5, 0.6) is 5.75 Å². The second kappa shape index (κ2) is 13.3. The van der Waals surface area contributed by atoms with Crippen molar-refractivity contribution in [2.75, 3.05) is 11.4 Å². The molecule has 4 aromatic rings. The average Bonchev–Trinajstić information content (AvgIpc) is 3.45. The van der Waals surface area contributed by atoms with Gasteiger partial charge in [0.05, 0.1) is 21.3 Å². The number of aromatic nitrogens is 1. The van der Waals surface area contributed by atoms with E-state index in [9.17, 15) is 9.90 Å². The Morgan fingerprint density at radius 1 is 0.975 bits per heavy atom. The van der Waals surface area contributed by atoms with Crippen molar-refractivity contribution in [3.8, 4) is 17.0 Å². The first-order valence-corrected chi connectivity index (χ1v) is 15.3. The van der Waals surface area contributed by atoms with E-state index in [1.54, 1.807) is 41.7 Å². The topological polar surface area (TPSA) is 62.7 Å². The van der Waals surface area contributed by atoms with Gasteiger partial charge in [-0.2, -0.15) is 0 Å². The summed E-state index contributed by atoms with van der Waals surface area (Å²) in [5.74, 6) is 0.418. The van der Waals surface area contributed by atoms with Gasteiger partial charge >= 0.3 is 5.97 Å². The summed E-state index contributed by atoms with van der Waals surface area (Å²) in [6, 6.07) is 17.9. The molecule has 0 spiro atoms. The lowest BCUT2D eigenvalue weighted by Crippen LogP contribution is -2.22. The fourth-order valence-corrected chi connectivity index (χ4v) is 6.40. The largest absolute Gasteiger partial charge is 0.488 e. The Labute approximate surface area is 253 Å². The first kappa shape index (κ1) is 28.7. The van der Waals surface area contributed by atoms with E-state index in [1.165, 1.54) is 32.1 Å². The molecule has 40 heavy (non-hydrogen) atoms. The fraction of sp³-hybridized carbons (Fsp3) is 0.290. The number of halogens is 3. The second-order valence-corrected chi connectivity index (χ2v) is 12.1. The van der Waals surface area contributed by atoms with E-state index >= 15 is 0 Å². The Morgan fingerprint density at radius 2 is 1.75 bits per heavy atom. The van der Waals surface area contributed by atoms with Crippen molar-refractivity contribution >= 4 is 62.9 Å². The molecule has 3 aromatic carbocycles. The van der Waals surface area contributed by atoms with E-state index in [-0.39, 0.29) is 5.56 Å². The SMILES string of the molecule is O=C(O)c1ccc(N(CCC2CCCCC2)c2nc(-c3cc(Cl)ccc3OCc3ccc(Cl)c(Cl)c3)cs2)cc1. The van der Waals surface area contributed by atoms with Gasteiger partial charge in [0, 0.05) is 28.2 Å². The first-order chi connectivity index (χ1) is 19.4. The van der Waals surface area contributed by atoms with Gasteiger partial charge in [0.2, 0.25) is 0 Å². The molecule has 1 heterocycles. The molecule has 208 valence electrons. The number of rotatable bonds is 10. The zero-order valence-corrected chi connectivity index (χ0v) is 24.9. The Morgan fingerprint density at radius 3 is 2.48 bits per heavy atom. The minimum absolute atomic E-state index is 0.263. The molecule has 1 aliphatic rings. The summed E-state index contributed by atoms with van der Waals surface area (Å²) in [6.45, 7) is 1.12. The molecule has 0 unspecified atom stereocenters. The van der Waals surface area contributed by atoms with Gasteiger partial charge in [0.1, 0.15) is 12.4 Å². The zero-order valence-electron chi connectivity index (χ0n) is 21.8. The smallest absolute Gasteiger partial charge is 0.335 e. The van der Waals surface area contributed by atoms with Crippen molar-refractivity contribution in [2.45, 2.75) is 45.1 Å². The minimum atomic E-state index is -0.939. The number of carboxylic acids is 1. The summed E-state index contributed by atoms with van der Waals surface area (Å²) < 4.78 is 6.18. The van der Waals surface area contributed by atoms with Gasteiger partial charge in [-0.25, -0.2) is 9.78 Å². The van der Waals surface area contributed by atoms with Crippen LogP contribution < -0.4 is 9.64 Å². The average molecular weight is 616 g/mol. The van der Waals surface area contributed by atoms with E-state index in [2.05, 4.69) is 4.90 Å². The fourth-order valence-electron chi connectivity index (χ4n) is 5.04. The van der Waals surface area contributed by atoms with Crippen LogP contribution in [0.15, 0.2) is 66.0 Å². The Balaban J connectivity index is 1.41. The molecule has 5 rings (SSSR count). The van der Waals surface area contributed by atoms with E-state index in [4.69, 9.17) is 44.5 Å². The van der Waals surface area contributed by atoms with Gasteiger partial charge < -0.3 is 14.7 Å². The maximum atomic E-state index is 11.4. The van der Waals surface area contributed by atoms with Crippen LogP contribution in [0.25, 0.3) is 11.3 Å². The molecule has 1 fully saturated rings. The third-order valence-corrected chi connectivity index (χ3v) is 9.07. The van der Waals surface area contributed by atoms with E-state index in [0.29, 0.717) is 33.3 Å². The molecule has 0 saturated heterocycles. The molecule has 1 N–H and O–H groups in total. The van der Waals surface area contributed by atoms with Gasteiger partial charge in [-0.15, -0.1) is 11.3 Å². The highest BCUT2D eigenvalue weighted by Gasteiger charge is 2.20. The molecule has 0 atom stereocenters. The van der Waals surface area contributed by atoms with Crippen LogP contribution in [-0.4, -0.2) is 22.6 Å². The van der Waals surface area contributed by atoms with E-state index < -0.39 is 5.97 Å². The van der Waals surface area contributed by atoms with E-state index in [0.717, 1.165) is 40.6 Å². The van der Waals surface area contributed by atoms with Crippen molar-refractivity contribution in [3.05, 3.63) is 92.2 Å². The quantitative estimate of drug-likeness (QED) is 0.192. The standard InChI is InChI=1S/C31H29Cl3N2O3S/c32-23-9-13-29(39-18-21-6-12-26(33)27(34)16-21)25(17-23)28-19-40-31(35-28)36(15-14-20-4-2-1-3-5-20)24-10-7-22(8-11-24)30(37)38/h6-13,16-17,19-20H,1-5,14-15,18H2,(H,37,38). The molecule has 0 aliphatic heterocycles. The number of ether oxygens (including phenoxy) is 1. The summed E-state index contributed by atoms with van der Waals surface area (Å²) in [6.07, 6.45) is 7.48. The highest BCUT2D eigenvalue weighted by molar-refractivity contribution is 7.14. The van der Waals surface area contributed by atoms with Crippen LogP contribution >= 0.6 is 46.1 Å². The maximum absolute atomic E-state index is 11.4. The maximum Gasteiger partial charge on any atom is 0.335 e. The van der Waals surface area contributed by atoms with Gasteiger partial charge in [-0.3, -0.25) is 0 Å². The summed E-state index contributed by atoms with van der Waals surface area (Å²) in [5, 5.41) is 13.8. The number of benzene rings is 3. The highest BCUT2D eigenvalue weighted by atomic mass is 35.5. The van der Waals surface area contributed by atoms with Crippen molar-refractivity contribution in [2.24, 2.45) is 5.92 Å². The number of carbonyl (C=O) groups is 1. The van der Waals surface area contributed by atoms with Gasteiger partial charge in [0.25, 0.3) is 0 Å². The van der Waals surface area contributed by atoms with Crippen LogP contribution in [0.2, 0.25) is 15.1 Å². The Hall–Kier alpha value is -2.77. The van der Waals surface area contributed by atoms with Crippen LogP contribution in [0.1, 0.15) is 54.4 Å². The molecule has 9 heteroatoms. The molecular formula is C31H29Cl3N2O3S. The normalized spacial score (nSPS) is 13.8. The lowest BCUT2D eigenvalue weighted by atomic mass is 9.87. The lowest BCUT2D eigenvalue weighted by Gasteiger charge is -2.27. The number of hydrogen-bond donors (Lipinski definition) is 1. The molecule has 0 bridgehead atoms. The van der Waals surface area contributed by atoms with Crippen LogP contribution in [0.4, 0.5) is 10.8 Å². The Bertz CT molecular complexity index is 1470. The van der Waals surface area contributed by atoms with Gasteiger partial charge in [-0.1, -0.05) is 73.0 Å². The second-order valence-electron chi connectivity index (χ2n) is 9.99. The number of nitrogens with zero attached hydrogens (tertiary/aromatic N) is 2. The van der Waals surface area contributed by atoms with Crippen LogP contribution in [0.3, 0.4) is 0 Å². The first-order valence-electron chi connectivity index (χ1n) is 13.3. The number of thiazole rings is 1. The van der Waals surface area contributed by atoms with Crippen molar-refractivity contribution in [3.63, 3.8) is 0 Å². The molecule has 0 amide bonds. The third-order valence-electron chi connectivity index (χ3n) is 7.23. The monoisotopic (exact) mass is 614 g/mol. The summed E-state index contributed by atoms with van der Waals surface area (Å²) in [4.78, 5) is 18.6. The van der Waals surface area contributed by atoms with Gasteiger partial charge in [0.15, 0.2) is 5.13 Å². The van der Waals surface area contributed by atoms with Crippen molar-refractivity contribution in [1.29, 1.82) is 0 Å². The summed E-state index contributed by atoms with van der Waals surface area (Å²) in [5.41, 5.74) is 3.63. The molecule has 5 nitrogen and oxygen atoms in total. The zero-order chi connectivity index (χ0) is 28.1. The number of anilines is 2. The van der Waals surface area contributed by atoms with E-state index in [1.807, 2.05) is 35.7 Å². The van der Waals surface area contributed by atoms with Crippen molar-refractivity contribution in [1.82, 2.24) is 4.98 Å². The third kappa shape index (κ3) is 7.10. The minimum Gasteiger partial charge on any atom is -0.488 e. The molecule has 1 saturated carbocycles. The number of aromatic carboxylic acids is 1. The molecular weight excluding hydrogens is 587 g/mol. The molecule has 1 aliphatic carbocycles. The Kier molecular flexibility index (Phi) is 9.53. The molecule has 0 radical (unpaired) electrons. The number of hydrogen-bond acceptors (Lipinski definition) is 5. The van der Waals surface area contributed by atoms with Crippen LogP contribution in [-0.2, 0) is 6.61 Å². The van der Waals surface area contributed by atoms with Crippen molar-refractivity contribution < 1.29 is 14.6 Å². The molecule has 1 aromatic heterocycles. The van der Waals surface area contributed by atoms with Gasteiger partial charge in [-0.05, 0) is 72.5 Å². The predicted molar refractivity (Wildman–Crippen MR) is 165 cm³/mol. The number of carboxylic acid groups (broad SMARTS) is 1.